The molecule has 0 bridgehead atoms. The van der Waals surface area contributed by atoms with Crippen molar-refractivity contribution >= 4 is 34.6 Å². The van der Waals surface area contributed by atoms with Crippen molar-refractivity contribution in [2.45, 2.75) is 0 Å². The molecule has 0 saturated heterocycles. The Morgan fingerprint density at radius 2 is 2.17 bits per heavy atom. The van der Waals surface area contributed by atoms with E-state index in [-0.39, 0.29) is 0 Å². The molecule has 0 aliphatic rings. The lowest BCUT2D eigenvalue weighted by atomic mass is 10.1. The van der Waals surface area contributed by atoms with Crippen molar-refractivity contribution < 1.29 is 4.79 Å². The third-order valence-corrected chi connectivity index (χ3v) is 2.06. The fourth-order valence-electron chi connectivity index (χ4n) is 0.872. The van der Waals surface area contributed by atoms with Crippen molar-refractivity contribution in [2.75, 3.05) is 0 Å². The highest BCUT2D eigenvalue weighted by Crippen LogP contribution is 2.12. The summed E-state index contributed by atoms with van der Waals surface area (Å²) in [7, 11) is 0. The molecule has 2 N–H and O–H groups in total. The van der Waals surface area contributed by atoms with E-state index in [1.165, 1.54) is 0 Å². The molecule has 0 spiro atoms. The molecular weight excluding hydrogens is 265 g/mol. The molecule has 0 aliphatic carbocycles. The predicted octanol–water partition coefficient (Wildman–Crippen LogP) is 2.03. The minimum atomic E-state index is -0.406. The number of rotatable bonds is 2. The molecule has 1 aromatic carbocycles. The molecule has 0 saturated carbocycles. The van der Waals surface area contributed by atoms with Crippen LogP contribution in [0.25, 0.3) is 6.08 Å². The zero-order valence-electron chi connectivity index (χ0n) is 6.38. The van der Waals surface area contributed by atoms with E-state index in [4.69, 9.17) is 5.73 Å². The van der Waals surface area contributed by atoms with E-state index in [0.717, 1.165) is 9.13 Å². The molecule has 1 rings (SSSR count). The summed E-state index contributed by atoms with van der Waals surface area (Å²) in [6.07, 6.45) is 1.69. The maximum absolute atomic E-state index is 10.8. The number of carbonyl (C=O) groups excluding carboxylic acids is 1. The standard InChI is InChI=1S/C9H8INO/c1-2-6-3-7(9(11)12)5-8(10)4-6/h2-5H,1H2,(H2,11,12). The maximum atomic E-state index is 10.8. The van der Waals surface area contributed by atoms with Gasteiger partial charge in [-0.2, -0.15) is 0 Å². The summed E-state index contributed by atoms with van der Waals surface area (Å²) in [5.41, 5.74) is 6.57. The first-order chi connectivity index (χ1) is 5.63. The monoisotopic (exact) mass is 273 g/mol. The first kappa shape index (κ1) is 9.25. The Morgan fingerprint density at radius 3 is 2.67 bits per heavy atom. The number of primary amides is 1. The van der Waals surface area contributed by atoms with Crippen LogP contribution in [0.3, 0.4) is 0 Å². The van der Waals surface area contributed by atoms with E-state index in [0.29, 0.717) is 5.56 Å². The zero-order valence-corrected chi connectivity index (χ0v) is 8.54. The second-order valence-electron chi connectivity index (χ2n) is 2.34. The van der Waals surface area contributed by atoms with Gasteiger partial charge in [-0.25, -0.2) is 0 Å². The number of nitrogens with two attached hydrogens (primary N) is 1. The van der Waals surface area contributed by atoms with Gasteiger partial charge >= 0.3 is 0 Å². The summed E-state index contributed by atoms with van der Waals surface area (Å²) in [4.78, 5) is 10.8. The third-order valence-electron chi connectivity index (χ3n) is 1.44. The lowest BCUT2D eigenvalue weighted by molar-refractivity contribution is 0.1000. The first-order valence-corrected chi connectivity index (χ1v) is 4.44. The van der Waals surface area contributed by atoms with Crippen LogP contribution < -0.4 is 5.73 Å². The quantitative estimate of drug-likeness (QED) is 0.823. The molecule has 0 aliphatic heterocycles. The number of hydrogen-bond donors (Lipinski definition) is 1. The summed E-state index contributed by atoms with van der Waals surface area (Å²) in [6.45, 7) is 3.62. The molecule has 0 heterocycles. The molecule has 62 valence electrons. The van der Waals surface area contributed by atoms with Crippen molar-refractivity contribution in [3.63, 3.8) is 0 Å². The van der Waals surface area contributed by atoms with Crippen LogP contribution in [0, 0.1) is 3.57 Å². The van der Waals surface area contributed by atoms with Crippen LogP contribution in [0.15, 0.2) is 24.8 Å². The molecule has 0 unspecified atom stereocenters. The summed E-state index contributed by atoms with van der Waals surface area (Å²) in [6, 6.07) is 5.40. The first-order valence-electron chi connectivity index (χ1n) is 3.36. The van der Waals surface area contributed by atoms with Crippen LogP contribution in [-0.2, 0) is 0 Å². The van der Waals surface area contributed by atoms with E-state index in [1.54, 1.807) is 18.2 Å². The largest absolute Gasteiger partial charge is 0.366 e. The average Bonchev–Trinajstić information content (AvgIpc) is 2.03. The summed E-state index contributed by atoms with van der Waals surface area (Å²) < 4.78 is 0.985. The van der Waals surface area contributed by atoms with Gasteiger partial charge in [-0.1, -0.05) is 12.7 Å². The Bertz CT molecular complexity index is 333. The molecular formula is C9H8INO. The Hall–Kier alpha value is -0.840. The van der Waals surface area contributed by atoms with Crippen molar-refractivity contribution in [3.8, 4) is 0 Å². The van der Waals surface area contributed by atoms with E-state index >= 15 is 0 Å². The van der Waals surface area contributed by atoms with E-state index in [9.17, 15) is 4.79 Å². The van der Waals surface area contributed by atoms with Crippen molar-refractivity contribution in [1.82, 2.24) is 0 Å². The van der Waals surface area contributed by atoms with Crippen LogP contribution in [0.4, 0.5) is 0 Å². The average molecular weight is 273 g/mol. The van der Waals surface area contributed by atoms with Crippen molar-refractivity contribution in [2.24, 2.45) is 5.73 Å². The Labute approximate surface area is 84.6 Å². The summed E-state index contributed by atoms with van der Waals surface area (Å²) >= 11 is 2.13. The number of carbonyl (C=O) groups is 1. The van der Waals surface area contributed by atoms with Crippen LogP contribution in [0.1, 0.15) is 15.9 Å². The number of amides is 1. The smallest absolute Gasteiger partial charge is 0.248 e. The van der Waals surface area contributed by atoms with E-state index < -0.39 is 5.91 Å². The van der Waals surface area contributed by atoms with Gasteiger partial charge in [-0.05, 0) is 46.4 Å². The van der Waals surface area contributed by atoms with Gasteiger partial charge in [-0.15, -0.1) is 0 Å². The molecule has 1 amide bonds. The Kier molecular flexibility index (Phi) is 2.86. The second kappa shape index (κ2) is 3.71. The minimum Gasteiger partial charge on any atom is -0.366 e. The SMILES string of the molecule is C=Cc1cc(I)cc(C(N)=O)c1. The van der Waals surface area contributed by atoms with Crippen molar-refractivity contribution in [3.05, 3.63) is 39.5 Å². The van der Waals surface area contributed by atoms with Gasteiger partial charge in [0.2, 0.25) is 5.91 Å². The molecule has 0 radical (unpaired) electrons. The maximum Gasteiger partial charge on any atom is 0.248 e. The summed E-state index contributed by atoms with van der Waals surface area (Å²) in [5.74, 6) is -0.406. The molecule has 1 aromatic rings. The molecule has 2 nitrogen and oxygen atoms in total. The molecule has 0 aromatic heterocycles. The van der Waals surface area contributed by atoms with Crippen LogP contribution in [0.5, 0.6) is 0 Å². The normalized spacial score (nSPS) is 9.42. The van der Waals surface area contributed by atoms with Gasteiger partial charge in [0.1, 0.15) is 0 Å². The summed E-state index contributed by atoms with van der Waals surface area (Å²) in [5, 5.41) is 0. The van der Waals surface area contributed by atoms with Crippen LogP contribution >= 0.6 is 22.6 Å². The number of halogens is 1. The molecule has 0 fully saturated rings. The minimum absolute atomic E-state index is 0.406. The number of benzene rings is 1. The van der Waals surface area contributed by atoms with E-state index in [2.05, 4.69) is 29.2 Å². The highest BCUT2D eigenvalue weighted by molar-refractivity contribution is 14.1. The lowest BCUT2D eigenvalue weighted by Gasteiger charge is -1.99. The van der Waals surface area contributed by atoms with Gasteiger partial charge in [0.05, 0.1) is 0 Å². The molecule has 0 atom stereocenters. The van der Waals surface area contributed by atoms with Gasteiger partial charge in [0.25, 0.3) is 0 Å². The van der Waals surface area contributed by atoms with Gasteiger partial charge in [-0.3, -0.25) is 4.79 Å². The highest BCUT2D eigenvalue weighted by atomic mass is 127. The predicted molar refractivity (Wildman–Crippen MR) is 57.8 cm³/mol. The van der Waals surface area contributed by atoms with Gasteiger partial charge in [0, 0.05) is 9.13 Å². The fraction of sp³-hybridized carbons (Fsp3) is 0. The Balaban J connectivity index is 3.23. The van der Waals surface area contributed by atoms with Gasteiger partial charge < -0.3 is 5.73 Å². The topological polar surface area (TPSA) is 43.1 Å². The third kappa shape index (κ3) is 2.07. The van der Waals surface area contributed by atoms with Gasteiger partial charge in [0.15, 0.2) is 0 Å². The Morgan fingerprint density at radius 1 is 1.50 bits per heavy atom. The molecule has 3 heteroatoms. The van der Waals surface area contributed by atoms with E-state index in [1.807, 2.05) is 6.07 Å². The lowest BCUT2D eigenvalue weighted by Crippen LogP contribution is -2.11. The molecule has 12 heavy (non-hydrogen) atoms. The highest BCUT2D eigenvalue weighted by Gasteiger charge is 2.01. The number of hydrogen-bond acceptors (Lipinski definition) is 1. The van der Waals surface area contributed by atoms with Crippen LogP contribution in [0.2, 0.25) is 0 Å². The fourth-order valence-corrected chi connectivity index (χ4v) is 1.57. The van der Waals surface area contributed by atoms with Crippen LogP contribution in [-0.4, -0.2) is 5.91 Å². The van der Waals surface area contributed by atoms with Crippen molar-refractivity contribution in [1.29, 1.82) is 0 Å². The zero-order chi connectivity index (χ0) is 9.14. The second-order valence-corrected chi connectivity index (χ2v) is 3.59.